The maximum absolute atomic E-state index is 12.4. The predicted octanol–water partition coefficient (Wildman–Crippen LogP) is 4.13. The molecule has 0 radical (unpaired) electrons. The summed E-state index contributed by atoms with van der Waals surface area (Å²) in [6.45, 7) is 1.87. The first-order chi connectivity index (χ1) is 13.5. The number of nitrogens with zero attached hydrogens (tertiary/aromatic N) is 2. The summed E-state index contributed by atoms with van der Waals surface area (Å²) < 4.78 is 9.74. The number of amides is 2. The summed E-state index contributed by atoms with van der Waals surface area (Å²) in [7, 11) is 0. The minimum Gasteiger partial charge on any atom is -0.450 e. The number of furan rings is 1. The Hall–Kier alpha value is -3.73. The number of carbonyl (C=O) groups is 2. The number of aromatic nitrogens is 1. The molecule has 10 nitrogen and oxygen atoms in total. The summed E-state index contributed by atoms with van der Waals surface area (Å²) in [5, 5.41) is 16.4. The molecule has 144 valence electrons. The van der Waals surface area contributed by atoms with Crippen LogP contribution in [0.5, 0.6) is 0 Å². The van der Waals surface area contributed by atoms with Gasteiger partial charge >= 0.3 is 12.0 Å². The molecule has 0 spiro atoms. The van der Waals surface area contributed by atoms with Crippen LogP contribution in [0, 0.1) is 10.1 Å². The largest absolute Gasteiger partial charge is 0.450 e. The number of anilines is 2. The minimum atomic E-state index is -0.736. The highest BCUT2D eigenvalue weighted by Gasteiger charge is 2.21. The van der Waals surface area contributed by atoms with Gasteiger partial charge in [0, 0.05) is 5.56 Å². The van der Waals surface area contributed by atoms with Crippen LogP contribution >= 0.6 is 11.3 Å². The molecule has 0 unspecified atom stereocenters. The van der Waals surface area contributed by atoms with Crippen LogP contribution in [-0.2, 0) is 4.74 Å². The fraction of sp³-hybridized carbons (Fsp3) is 0.118. The van der Waals surface area contributed by atoms with Crippen LogP contribution in [-0.4, -0.2) is 28.5 Å². The molecule has 2 N–H and O–H groups in total. The third-order valence-electron chi connectivity index (χ3n) is 3.38. The molecule has 0 atom stereocenters. The minimum absolute atomic E-state index is 0.198. The van der Waals surface area contributed by atoms with Crippen LogP contribution in [0.25, 0.3) is 11.3 Å². The number of rotatable bonds is 6. The molecular formula is C17H14N4O6S. The van der Waals surface area contributed by atoms with Gasteiger partial charge in [-0.05, 0) is 13.0 Å². The Morgan fingerprint density at radius 1 is 1.21 bits per heavy atom. The van der Waals surface area contributed by atoms with E-state index in [1.54, 1.807) is 31.2 Å². The number of hydrogen-bond donors (Lipinski definition) is 2. The number of hydrogen-bond acceptors (Lipinski definition) is 8. The Kier molecular flexibility index (Phi) is 5.65. The average Bonchev–Trinajstić information content (AvgIpc) is 3.30. The van der Waals surface area contributed by atoms with E-state index in [9.17, 15) is 19.7 Å². The van der Waals surface area contributed by atoms with Gasteiger partial charge < -0.3 is 14.5 Å². The van der Waals surface area contributed by atoms with Crippen molar-refractivity contribution in [2.75, 3.05) is 17.2 Å². The van der Waals surface area contributed by atoms with E-state index in [1.807, 2.05) is 6.07 Å². The zero-order valence-corrected chi connectivity index (χ0v) is 15.3. The first kappa shape index (κ1) is 19.0. The molecule has 2 aromatic heterocycles. The molecule has 2 amide bonds. The van der Waals surface area contributed by atoms with Gasteiger partial charge in [-0.15, -0.1) is 0 Å². The molecule has 11 heteroatoms. The summed E-state index contributed by atoms with van der Waals surface area (Å²) >= 11 is 1.01. The van der Waals surface area contributed by atoms with Crippen LogP contribution in [0.2, 0.25) is 0 Å². The van der Waals surface area contributed by atoms with E-state index in [0.29, 0.717) is 16.3 Å². The quantitative estimate of drug-likeness (QED) is 0.467. The van der Waals surface area contributed by atoms with Crippen molar-refractivity contribution in [1.82, 2.24) is 4.98 Å². The molecule has 0 aliphatic heterocycles. The highest BCUT2D eigenvalue weighted by Crippen LogP contribution is 2.36. The van der Waals surface area contributed by atoms with Crippen molar-refractivity contribution in [1.29, 1.82) is 0 Å². The van der Waals surface area contributed by atoms with E-state index >= 15 is 0 Å². The normalized spacial score (nSPS) is 10.3. The first-order valence-electron chi connectivity index (χ1n) is 8.03. The fourth-order valence-corrected chi connectivity index (χ4v) is 3.09. The maximum atomic E-state index is 12.4. The lowest BCUT2D eigenvalue weighted by atomic mass is 10.2. The highest BCUT2D eigenvalue weighted by molar-refractivity contribution is 7.20. The zero-order chi connectivity index (χ0) is 20.1. The molecule has 0 aliphatic rings. The molecule has 3 aromatic rings. The smallest absolute Gasteiger partial charge is 0.433 e. The Morgan fingerprint density at radius 3 is 2.61 bits per heavy atom. The van der Waals surface area contributed by atoms with Crippen molar-refractivity contribution >= 4 is 39.4 Å². The second-order valence-electron chi connectivity index (χ2n) is 5.26. The van der Waals surface area contributed by atoms with Crippen LogP contribution in [0.15, 0.2) is 46.9 Å². The SMILES string of the molecule is CCOC(=O)Nc1nc(-c2ccccc2)c(NC(=O)c2ccc([N+](=O)[O-])o2)s1. The van der Waals surface area contributed by atoms with Crippen LogP contribution in [0.3, 0.4) is 0 Å². The van der Waals surface area contributed by atoms with Crippen molar-refractivity contribution in [2.24, 2.45) is 0 Å². The highest BCUT2D eigenvalue weighted by atomic mass is 32.1. The summed E-state index contributed by atoms with van der Waals surface area (Å²) in [6.07, 6.45) is -0.671. The molecular weight excluding hydrogens is 388 g/mol. The van der Waals surface area contributed by atoms with Gasteiger partial charge in [0.25, 0.3) is 5.91 Å². The zero-order valence-electron chi connectivity index (χ0n) is 14.5. The Balaban J connectivity index is 1.89. The van der Waals surface area contributed by atoms with Gasteiger partial charge in [0.05, 0.1) is 12.7 Å². The van der Waals surface area contributed by atoms with Crippen LogP contribution in [0.1, 0.15) is 17.5 Å². The molecule has 0 saturated heterocycles. The Morgan fingerprint density at radius 2 is 1.96 bits per heavy atom. The number of nitrogens with one attached hydrogen (secondary N) is 2. The fourth-order valence-electron chi connectivity index (χ4n) is 2.22. The summed E-state index contributed by atoms with van der Waals surface area (Å²) in [5.41, 5.74) is 1.13. The van der Waals surface area contributed by atoms with Crippen molar-refractivity contribution in [3.63, 3.8) is 0 Å². The predicted molar refractivity (Wildman–Crippen MR) is 102 cm³/mol. The second kappa shape index (κ2) is 8.31. The van der Waals surface area contributed by atoms with E-state index in [1.165, 1.54) is 6.07 Å². The van der Waals surface area contributed by atoms with Crippen LogP contribution in [0.4, 0.5) is 20.8 Å². The van der Waals surface area contributed by atoms with Gasteiger partial charge in [-0.1, -0.05) is 41.7 Å². The molecule has 0 bridgehead atoms. The molecule has 0 fully saturated rings. The number of thiazole rings is 1. The number of carbonyl (C=O) groups excluding carboxylic acids is 2. The van der Waals surface area contributed by atoms with Gasteiger partial charge in [-0.25, -0.2) is 9.78 Å². The van der Waals surface area contributed by atoms with Gasteiger partial charge in [-0.2, -0.15) is 0 Å². The Bertz CT molecular complexity index is 1010. The molecule has 3 rings (SSSR count). The van der Waals surface area contributed by atoms with Gasteiger partial charge in [-0.3, -0.25) is 20.2 Å². The van der Waals surface area contributed by atoms with Gasteiger partial charge in [0.2, 0.25) is 0 Å². The molecule has 1 aromatic carbocycles. The van der Waals surface area contributed by atoms with E-state index in [0.717, 1.165) is 17.4 Å². The molecule has 0 saturated carbocycles. The van der Waals surface area contributed by atoms with Crippen molar-refractivity contribution in [3.05, 3.63) is 58.3 Å². The van der Waals surface area contributed by atoms with E-state index in [2.05, 4.69) is 15.6 Å². The molecule has 28 heavy (non-hydrogen) atoms. The number of benzene rings is 1. The van der Waals surface area contributed by atoms with E-state index < -0.39 is 22.8 Å². The number of ether oxygens (including phenoxy) is 1. The number of nitro groups is 1. The lowest BCUT2D eigenvalue weighted by Crippen LogP contribution is -2.12. The van der Waals surface area contributed by atoms with E-state index in [-0.39, 0.29) is 17.5 Å². The second-order valence-corrected chi connectivity index (χ2v) is 6.26. The third kappa shape index (κ3) is 4.32. The van der Waals surface area contributed by atoms with Crippen molar-refractivity contribution < 1.29 is 23.7 Å². The Labute approximate surface area is 162 Å². The first-order valence-corrected chi connectivity index (χ1v) is 8.85. The standard InChI is InChI=1S/C17H14N4O6S/c1-2-26-17(23)20-16-18-13(10-6-4-3-5-7-10)15(28-16)19-14(22)11-8-9-12(27-11)21(24)25/h3-9H,2H2,1H3,(H,19,22)(H,18,20,23). The third-order valence-corrected chi connectivity index (χ3v) is 4.27. The summed E-state index contributed by atoms with van der Waals surface area (Å²) in [5.74, 6) is -1.45. The monoisotopic (exact) mass is 402 g/mol. The lowest BCUT2D eigenvalue weighted by molar-refractivity contribution is -0.402. The summed E-state index contributed by atoms with van der Waals surface area (Å²) in [6, 6.07) is 11.3. The lowest BCUT2D eigenvalue weighted by Gasteiger charge is -2.03. The average molecular weight is 402 g/mol. The summed E-state index contributed by atoms with van der Waals surface area (Å²) in [4.78, 5) is 38.4. The maximum Gasteiger partial charge on any atom is 0.433 e. The van der Waals surface area contributed by atoms with Crippen molar-refractivity contribution in [2.45, 2.75) is 6.92 Å². The molecule has 0 aliphatic carbocycles. The van der Waals surface area contributed by atoms with E-state index in [4.69, 9.17) is 9.15 Å². The topological polar surface area (TPSA) is 137 Å². The van der Waals surface area contributed by atoms with Gasteiger partial charge in [0.15, 0.2) is 10.9 Å². The van der Waals surface area contributed by atoms with Crippen molar-refractivity contribution in [3.8, 4) is 11.3 Å². The van der Waals surface area contributed by atoms with Gasteiger partial charge in [0.1, 0.15) is 15.6 Å². The molecule has 2 heterocycles. The van der Waals surface area contributed by atoms with Crippen LogP contribution < -0.4 is 10.6 Å².